The Hall–Kier alpha value is -1.02. The molecule has 1 unspecified atom stereocenters. The van der Waals surface area contributed by atoms with E-state index in [0.29, 0.717) is 0 Å². The van der Waals surface area contributed by atoms with Crippen LogP contribution in [0.2, 0.25) is 0 Å². The highest BCUT2D eigenvalue weighted by Gasteiger charge is 1.85. The third kappa shape index (κ3) is 2.07. The van der Waals surface area contributed by atoms with E-state index < -0.39 is 0 Å². The van der Waals surface area contributed by atoms with Crippen molar-refractivity contribution < 1.29 is 0 Å². The minimum Gasteiger partial charge on any atom is -0.362 e. The van der Waals surface area contributed by atoms with Gasteiger partial charge < -0.3 is 10.7 Å². The van der Waals surface area contributed by atoms with Crippen LogP contribution in [-0.2, 0) is 0 Å². The Morgan fingerprint density at radius 1 is 1.70 bits per heavy atom. The van der Waals surface area contributed by atoms with Gasteiger partial charge in [-0.1, -0.05) is 6.08 Å². The van der Waals surface area contributed by atoms with Gasteiger partial charge in [-0.2, -0.15) is 0 Å². The standard InChI is InChI=1S/C8H12N2/c1-7(9)4-5-8-3-2-6-10-8/h2-7,10H,9H2,1H3/b5-4-. The second-order valence-corrected chi connectivity index (χ2v) is 2.34. The Balaban J connectivity index is 2.55. The summed E-state index contributed by atoms with van der Waals surface area (Å²) in [6.45, 7) is 1.94. The van der Waals surface area contributed by atoms with Crippen molar-refractivity contribution in [3.63, 3.8) is 0 Å². The van der Waals surface area contributed by atoms with E-state index in [-0.39, 0.29) is 6.04 Å². The van der Waals surface area contributed by atoms with Crippen LogP contribution in [-0.4, -0.2) is 11.0 Å². The number of aromatic nitrogens is 1. The number of hydrogen-bond acceptors (Lipinski definition) is 1. The van der Waals surface area contributed by atoms with E-state index in [1.807, 2.05) is 37.4 Å². The highest BCUT2D eigenvalue weighted by molar-refractivity contribution is 5.44. The number of nitrogens with two attached hydrogens (primary N) is 1. The summed E-state index contributed by atoms with van der Waals surface area (Å²) in [5, 5.41) is 0. The van der Waals surface area contributed by atoms with Crippen molar-refractivity contribution in [2.45, 2.75) is 13.0 Å². The van der Waals surface area contributed by atoms with Gasteiger partial charge in [0, 0.05) is 17.9 Å². The van der Waals surface area contributed by atoms with Gasteiger partial charge in [-0.05, 0) is 25.1 Å². The normalized spacial score (nSPS) is 14.2. The topological polar surface area (TPSA) is 41.8 Å². The first-order valence-electron chi connectivity index (χ1n) is 3.36. The van der Waals surface area contributed by atoms with Gasteiger partial charge in [-0.25, -0.2) is 0 Å². The molecule has 3 N–H and O–H groups in total. The molecular formula is C8H12N2. The molecule has 1 heterocycles. The lowest BCUT2D eigenvalue weighted by Gasteiger charge is -1.91. The first-order valence-corrected chi connectivity index (χ1v) is 3.36. The molecule has 0 bridgehead atoms. The molecule has 1 aromatic heterocycles. The molecule has 1 rings (SSSR count). The van der Waals surface area contributed by atoms with Gasteiger partial charge in [-0.3, -0.25) is 0 Å². The van der Waals surface area contributed by atoms with E-state index in [9.17, 15) is 0 Å². The molecule has 0 aromatic carbocycles. The fourth-order valence-electron chi connectivity index (χ4n) is 0.703. The zero-order valence-electron chi connectivity index (χ0n) is 6.04. The van der Waals surface area contributed by atoms with Gasteiger partial charge >= 0.3 is 0 Å². The van der Waals surface area contributed by atoms with E-state index in [0.717, 1.165) is 5.69 Å². The Morgan fingerprint density at radius 3 is 3.00 bits per heavy atom. The van der Waals surface area contributed by atoms with Crippen molar-refractivity contribution in [1.82, 2.24) is 4.98 Å². The Labute approximate surface area is 60.8 Å². The van der Waals surface area contributed by atoms with Crippen LogP contribution in [0.25, 0.3) is 6.08 Å². The van der Waals surface area contributed by atoms with Crippen molar-refractivity contribution in [2.24, 2.45) is 5.73 Å². The predicted molar refractivity (Wildman–Crippen MR) is 43.5 cm³/mol. The third-order valence-corrected chi connectivity index (χ3v) is 1.20. The summed E-state index contributed by atoms with van der Waals surface area (Å²) >= 11 is 0. The summed E-state index contributed by atoms with van der Waals surface area (Å²) < 4.78 is 0. The zero-order valence-corrected chi connectivity index (χ0v) is 6.04. The molecule has 10 heavy (non-hydrogen) atoms. The molecule has 0 radical (unpaired) electrons. The summed E-state index contributed by atoms with van der Waals surface area (Å²) in [5.41, 5.74) is 6.60. The fraction of sp³-hybridized carbons (Fsp3) is 0.250. The lowest BCUT2D eigenvalue weighted by molar-refractivity contribution is 0.930. The molecule has 1 atom stereocenters. The van der Waals surface area contributed by atoms with Crippen molar-refractivity contribution in [2.75, 3.05) is 0 Å². The summed E-state index contributed by atoms with van der Waals surface area (Å²) in [6.07, 6.45) is 5.82. The van der Waals surface area contributed by atoms with E-state index >= 15 is 0 Å². The summed E-state index contributed by atoms with van der Waals surface area (Å²) in [4.78, 5) is 3.05. The molecule has 0 fully saturated rings. The predicted octanol–water partition coefficient (Wildman–Crippen LogP) is 1.38. The lowest BCUT2D eigenvalue weighted by Crippen LogP contribution is -2.09. The van der Waals surface area contributed by atoms with Crippen molar-refractivity contribution in [3.05, 3.63) is 30.1 Å². The van der Waals surface area contributed by atoms with Crippen LogP contribution in [0.3, 0.4) is 0 Å². The average molecular weight is 136 g/mol. The molecule has 0 aliphatic carbocycles. The van der Waals surface area contributed by atoms with Gasteiger partial charge in [0.25, 0.3) is 0 Å². The van der Waals surface area contributed by atoms with E-state index in [1.165, 1.54) is 0 Å². The van der Waals surface area contributed by atoms with Gasteiger partial charge in [0.05, 0.1) is 0 Å². The molecule has 2 heteroatoms. The molecule has 2 nitrogen and oxygen atoms in total. The molecule has 0 aliphatic heterocycles. The largest absolute Gasteiger partial charge is 0.362 e. The van der Waals surface area contributed by atoms with E-state index in [1.54, 1.807) is 0 Å². The maximum Gasteiger partial charge on any atom is 0.0377 e. The number of hydrogen-bond donors (Lipinski definition) is 2. The van der Waals surface area contributed by atoms with Gasteiger partial charge in [0.1, 0.15) is 0 Å². The van der Waals surface area contributed by atoms with Crippen molar-refractivity contribution in [3.8, 4) is 0 Å². The van der Waals surface area contributed by atoms with Crippen LogP contribution in [0.1, 0.15) is 12.6 Å². The van der Waals surface area contributed by atoms with Crippen LogP contribution >= 0.6 is 0 Å². The molecule has 0 aliphatic rings. The van der Waals surface area contributed by atoms with Crippen LogP contribution in [0, 0.1) is 0 Å². The SMILES string of the molecule is CC(N)/C=C\c1ccc[nH]1. The summed E-state index contributed by atoms with van der Waals surface area (Å²) in [5.74, 6) is 0. The number of rotatable bonds is 2. The Kier molecular flexibility index (Phi) is 2.29. The van der Waals surface area contributed by atoms with Crippen LogP contribution in [0.4, 0.5) is 0 Å². The first kappa shape index (κ1) is 7.09. The third-order valence-electron chi connectivity index (χ3n) is 1.20. The first-order chi connectivity index (χ1) is 4.79. The maximum absolute atomic E-state index is 5.51. The smallest absolute Gasteiger partial charge is 0.0377 e. The molecule has 0 saturated heterocycles. The Morgan fingerprint density at radius 2 is 2.50 bits per heavy atom. The fourth-order valence-corrected chi connectivity index (χ4v) is 0.703. The van der Waals surface area contributed by atoms with Gasteiger partial charge in [0.15, 0.2) is 0 Å². The summed E-state index contributed by atoms with van der Waals surface area (Å²) in [6, 6.07) is 4.09. The minimum atomic E-state index is 0.128. The van der Waals surface area contributed by atoms with Crippen LogP contribution < -0.4 is 5.73 Å². The van der Waals surface area contributed by atoms with E-state index in [2.05, 4.69) is 4.98 Å². The van der Waals surface area contributed by atoms with Crippen LogP contribution in [0.5, 0.6) is 0 Å². The molecule has 0 saturated carbocycles. The van der Waals surface area contributed by atoms with Crippen LogP contribution in [0.15, 0.2) is 24.4 Å². The average Bonchev–Trinajstić information content (AvgIpc) is 2.34. The lowest BCUT2D eigenvalue weighted by atomic mass is 10.3. The van der Waals surface area contributed by atoms with Crippen molar-refractivity contribution in [1.29, 1.82) is 0 Å². The van der Waals surface area contributed by atoms with Crippen molar-refractivity contribution >= 4 is 6.08 Å². The summed E-state index contributed by atoms with van der Waals surface area (Å²) in [7, 11) is 0. The van der Waals surface area contributed by atoms with Gasteiger partial charge in [0.2, 0.25) is 0 Å². The monoisotopic (exact) mass is 136 g/mol. The highest BCUT2D eigenvalue weighted by Crippen LogP contribution is 1.97. The second-order valence-electron chi connectivity index (χ2n) is 2.34. The number of H-pyrrole nitrogens is 1. The molecule has 0 amide bonds. The number of aromatic amines is 1. The minimum absolute atomic E-state index is 0.128. The quantitative estimate of drug-likeness (QED) is 0.633. The van der Waals surface area contributed by atoms with E-state index in [4.69, 9.17) is 5.73 Å². The molecule has 1 aromatic rings. The second kappa shape index (κ2) is 3.22. The molecular weight excluding hydrogens is 124 g/mol. The maximum atomic E-state index is 5.51. The Bertz CT molecular complexity index is 197. The molecule has 54 valence electrons. The zero-order chi connectivity index (χ0) is 7.40. The molecule has 0 spiro atoms. The number of nitrogens with one attached hydrogen (secondary N) is 1. The highest BCUT2D eigenvalue weighted by atomic mass is 14.7. The van der Waals surface area contributed by atoms with Gasteiger partial charge in [-0.15, -0.1) is 0 Å².